The lowest BCUT2D eigenvalue weighted by Gasteiger charge is -2.32. The maximum Gasteiger partial charge on any atom is 0.306 e. The fourth-order valence-electron chi connectivity index (χ4n) is 2.85. The minimum atomic E-state index is -0.466. The molecule has 0 saturated heterocycles. The van der Waals surface area contributed by atoms with Crippen LogP contribution in [0.25, 0.3) is 0 Å². The Bertz CT molecular complexity index is 440. The number of rotatable bonds is 7. The standard InChI is InChI=1S/C17H31N3O4/c1-17(2,3)18-16(23)15(12-8-6-5-7-9-12)20-19-13(21)10-11-14(22)24-4/h12,15,20H,5-11H2,1-4H3,(H,18,23)(H,19,21). The molecule has 1 rings (SSSR count). The summed E-state index contributed by atoms with van der Waals surface area (Å²) in [5.41, 5.74) is 5.13. The van der Waals surface area contributed by atoms with Gasteiger partial charge in [0.15, 0.2) is 0 Å². The number of carbonyl (C=O) groups is 3. The monoisotopic (exact) mass is 341 g/mol. The first-order valence-electron chi connectivity index (χ1n) is 8.66. The van der Waals surface area contributed by atoms with Gasteiger partial charge in [0, 0.05) is 12.0 Å². The summed E-state index contributed by atoms with van der Waals surface area (Å²) in [7, 11) is 1.29. The lowest BCUT2D eigenvalue weighted by atomic mass is 9.83. The number of esters is 1. The Hall–Kier alpha value is -1.63. The van der Waals surface area contributed by atoms with E-state index in [0.717, 1.165) is 25.7 Å². The Kier molecular flexibility index (Phi) is 8.18. The minimum Gasteiger partial charge on any atom is -0.469 e. The Balaban J connectivity index is 2.59. The molecule has 1 atom stereocenters. The maximum atomic E-state index is 12.6. The molecule has 1 unspecified atom stereocenters. The van der Waals surface area contributed by atoms with E-state index in [1.54, 1.807) is 0 Å². The van der Waals surface area contributed by atoms with Crippen molar-refractivity contribution in [2.24, 2.45) is 5.92 Å². The summed E-state index contributed by atoms with van der Waals surface area (Å²) in [6.45, 7) is 5.79. The van der Waals surface area contributed by atoms with Crippen LogP contribution in [0, 0.1) is 5.92 Å². The summed E-state index contributed by atoms with van der Waals surface area (Å²) in [6.07, 6.45) is 5.37. The molecule has 1 aliphatic rings. The third-order valence-corrected chi connectivity index (χ3v) is 4.05. The summed E-state index contributed by atoms with van der Waals surface area (Å²) in [5.74, 6) is -0.672. The zero-order chi connectivity index (χ0) is 18.2. The van der Waals surface area contributed by atoms with Gasteiger partial charge in [-0.3, -0.25) is 19.8 Å². The summed E-state index contributed by atoms with van der Waals surface area (Å²) >= 11 is 0. The molecule has 1 saturated carbocycles. The Morgan fingerprint density at radius 3 is 2.25 bits per heavy atom. The molecule has 3 N–H and O–H groups in total. The summed E-state index contributed by atoms with van der Waals surface area (Å²) < 4.78 is 4.51. The first-order valence-corrected chi connectivity index (χ1v) is 8.66. The maximum absolute atomic E-state index is 12.6. The van der Waals surface area contributed by atoms with Gasteiger partial charge in [0.25, 0.3) is 0 Å². The van der Waals surface area contributed by atoms with Crippen LogP contribution in [0.2, 0.25) is 0 Å². The lowest BCUT2D eigenvalue weighted by molar-refractivity contribution is -0.142. The van der Waals surface area contributed by atoms with Crippen molar-refractivity contribution < 1.29 is 19.1 Å². The summed E-state index contributed by atoms with van der Waals surface area (Å²) in [5, 5.41) is 2.97. The van der Waals surface area contributed by atoms with Gasteiger partial charge in [-0.2, -0.15) is 0 Å². The van der Waals surface area contributed by atoms with E-state index >= 15 is 0 Å². The smallest absolute Gasteiger partial charge is 0.306 e. The molecule has 0 bridgehead atoms. The van der Waals surface area contributed by atoms with Crippen LogP contribution >= 0.6 is 0 Å². The topological polar surface area (TPSA) is 96.5 Å². The van der Waals surface area contributed by atoms with Gasteiger partial charge < -0.3 is 10.1 Å². The highest BCUT2D eigenvalue weighted by atomic mass is 16.5. The molecular formula is C17H31N3O4. The van der Waals surface area contributed by atoms with Crippen molar-refractivity contribution in [3.8, 4) is 0 Å². The van der Waals surface area contributed by atoms with E-state index in [2.05, 4.69) is 20.9 Å². The molecule has 0 spiro atoms. The van der Waals surface area contributed by atoms with Crippen LogP contribution in [0.4, 0.5) is 0 Å². The van der Waals surface area contributed by atoms with Crippen molar-refractivity contribution in [3.63, 3.8) is 0 Å². The molecule has 138 valence electrons. The van der Waals surface area contributed by atoms with E-state index in [-0.39, 0.29) is 36.1 Å². The van der Waals surface area contributed by atoms with Gasteiger partial charge in [-0.15, -0.1) is 0 Å². The molecule has 2 amide bonds. The highest BCUT2D eigenvalue weighted by Gasteiger charge is 2.31. The second kappa shape index (κ2) is 9.61. The first kappa shape index (κ1) is 20.4. The lowest BCUT2D eigenvalue weighted by Crippen LogP contribution is -2.58. The van der Waals surface area contributed by atoms with Crippen LogP contribution in [0.3, 0.4) is 0 Å². The number of methoxy groups -OCH3 is 1. The molecule has 1 aliphatic carbocycles. The number of carbonyl (C=O) groups excluding carboxylic acids is 3. The number of hydrogen-bond acceptors (Lipinski definition) is 5. The van der Waals surface area contributed by atoms with E-state index in [4.69, 9.17) is 0 Å². The Morgan fingerprint density at radius 2 is 1.71 bits per heavy atom. The largest absolute Gasteiger partial charge is 0.469 e. The molecule has 0 heterocycles. The minimum absolute atomic E-state index is 0.0201. The molecule has 7 heteroatoms. The molecule has 1 fully saturated rings. The van der Waals surface area contributed by atoms with Crippen molar-refractivity contribution in [1.29, 1.82) is 0 Å². The highest BCUT2D eigenvalue weighted by Crippen LogP contribution is 2.26. The Morgan fingerprint density at radius 1 is 1.08 bits per heavy atom. The van der Waals surface area contributed by atoms with E-state index in [9.17, 15) is 14.4 Å². The summed E-state index contributed by atoms with van der Waals surface area (Å²) in [6, 6.07) is -0.466. The molecule has 7 nitrogen and oxygen atoms in total. The molecule has 0 aromatic rings. The van der Waals surface area contributed by atoms with Crippen molar-refractivity contribution in [3.05, 3.63) is 0 Å². The highest BCUT2D eigenvalue weighted by molar-refractivity contribution is 5.84. The van der Waals surface area contributed by atoms with E-state index < -0.39 is 12.0 Å². The van der Waals surface area contributed by atoms with Gasteiger partial charge in [0.2, 0.25) is 11.8 Å². The summed E-state index contributed by atoms with van der Waals surface area (Å²) in [4.78, 5) is 35.5. The van der Waals surface area contributed by atoms with Gasteiger partial charge in [-0.1, -0.05) is 19.3 Å². The van der Waals surface area contributed by atoms with E-state index in [1.165, 1.54) is 13.5 Å². The predicted octanol–water partition coefficient (Wildman–Crippen LogP) is 1.42. The van der Waals surface area contributed by atoms with Gasteiger partial charge in [-0.25, -0.2) is 5.43 Å². The van der Waals surface area contributed by atoms with Crippen LogP contribution in [0.15, 0.2) is 0 Å². The second-order valence-electron chi connectivity index (χ2n) is 7.38. The quantitative estimate of drug-likeness (QED) is 0.481. The second-order valence-corrected chi connectivity index (χ2v) is 7.38. The van der Waals surface area contributed by atoms with Crippen LogP contribution in [0.1, 0.15) is 65.7 Å². The van der Waals surface area contributed by atoms with Crippen molar-refractivity contribution >= 4 is 17.8 Å². The van der Waals surface area contributed by atoms with Crippen LogP contribution in [-0.2, 0) is 19.1 Å². The fourth-order valence-corrected chi connectivity index (χ4v) is 2.85. The zero-order valence-electron chi connectivity index (χ0n) is 15.2. The van der Waals surface area contributed by atoms with Gasteiger partial charge >= 0.3 is 5.97 Å². The average Bonchev–Trinajstić information content (AvgIpc) is 2.52. The average molecular weight is 341 g/mol. The number of amides is 2. The number of hydrazine groups is 1. The fraction of sp³-hybridized carbons (Fsp3) is 0.824. The van der Waals surface area contributed by atoms with E-state index in [0.29, 0.717) is 0 Å². The molecular weight excluding hydrogens is 310 g/mol. The first-order chi connectivity index (χ1) is 11.2. The van der Waals surface area contributed by atoms with Crippen molar-refractivity contribution in [2.75, 3.05) is 7.11 Å². The normalized spacial score (nSPS) is 17.0. The Labute approximate surface area is 144 Å². The SMILES string of the molecule is COC(=O)CCC(=O)NNC(C(=O)NC(C)(C)C)C1CCCCC1. The van der Waals surface area contributed by atoms with E-state index in [1.807, 2.05) is 20.8 Å². The predicted molar refractivity (Wildman–Crippen MR) is 90.8 cm³/mol. The van der Waals surface area contributed by atoms with Crippen LogP contribution < -0.4 is 16.2 Å². The molecule has 0 aromatic heterocycles. The van der Waals surface area contributed by atoms with Crippen molar-refractivity contribution in [1.82, 2.24) is 16.2 Å². The molecule has 0 aliphatic heterocycles. The number of nitrogens with one attached hydrogen (secondary N) is 3. The molecule has 24 heavy (non-hydrogen) atoms. The molecule has 0 radical (unpaired) electrons. The van der Waals surface area contributed by atoms with Crippen molar-refractivity contribution in [2.45, 2.75) is 77.3 Å². The zero-order valence-corrected chi connectivity index (χ0v) is 15.2. The van der Waals surface area contributed by atoms with Crippen LogP contribution in [-0.4, -0.2) is 36.5 Å². The number of ether oxygens (including phenoxy) is 1. The van der Waals surface area contributed by atoms with Gasteiger partial charge in [-0.05, 0) is 39.5 Å². The third kappa shape index (κ3) is 7.77. The third-order valence-electron chi connectivity index (χ3n) is 4.05. The van der Waals surface area contributed by atoms with Gasteiger partial charge in [0.1, 0.15) is 6.04 Å². The molecule has 0 aromatic carbocycles. The van der Waals surface area contributed by atoms with Gasteiger partial charge in [0.05, 0.1) is 13.5 Å². The van der Waals surface area contributed by atoms with Crippen LogP contribution in [0.5, 0.6) is 0 Å². The number of hydrogen-bond donors (Lipinski definition) is 3.